The zero-order valence-electron chi connectivity index (χ0n) is 20.7. The Balaban J connectivity index is 1.22. The lowest BCUT2D eigenvalue weighted by Gasteiger charge is -2.31. The van der Waals surface area contributed by atoms with Crippen molar-refractivity contribution in [2.75, 3.05) is 40.0 Å². The summed E-state index contributed by atoms with van der Waals surface area (Å²) >= 11 is 0. The average Bonchev–Trinajstić information content (AvgIpc) is 3.38. The molecule has 0 bridgehead atoms. The van der Waals surface area contributed by atoms with E-state index in [1.54, 1.807) is 0 Å². The van der Waals surface area contributed by atoms with Gasteiger partial charge in [-0.3, -0.25) is 14.5 Å². The number of likely N-dealkylation sites (N-methyl/N-ethyl adjacent to an activating group) is 1. The number of ether oxygens (including phenoxy) is 2. The highest BCUT2D eigenvalue weighted by atomic mass is 16.5. The van der Waals surface area contributed by atoms with Crippen LogP contribution in [0, 0.1) is 5.92 Å². The molecule has 3 aliphatic rings. The molecule has 1 atom stereocenters. The predicted molar refractivity (Wildman–Crippen MR) is 132 cm³/mol. The highest BCUT2D eigenvalue weighted by Gasteiger charge is 2.37. The molecule has 3 fully saturated rings. The molecule has 1 aromatic rings. The molecule has 4 rings (SSSR count). The fourth-order valence-electron chi connectivity index (χ4n) is 5.56. The van der Waals surface area contributed by atoms with Crippen LogP contribution in [0.5, 0.6) is 5.75 Å². The van der Waals surface area contributed by atoms with Gasteiger partial charge in [0, 0.05) is 44.8 Å². The summed E-state index contributed by atoms with van der Waals surface area (Å²) in [5, 5.41) is 3.06. The van der Waals surface area contributed by atoms with E-state index < -0.39 is 0 Å². The normalized spacial score (nSPS) is 22.2. The van der Waals surface area contributed by atoms with E-state index in [-0.39, 0.29) is 23.8 Å². The Kier molecular flexibility index (Phi) is 9.22. The van der Waals surface area contributed by atoms with Gasteiger partial charge in [-0.25, -0.2) is 0 Å². The van der Waals surface area contributed by atoms with Crippen LogP contribution in [0.2, 0.25) is 0 Å². The fourth-order valence-corrected chi connectivity index (χ4v) is 5.56. The standard InChI is InChI=1S/C27H41N3O4/c1-29(23-12-16-33-17-13-23)15-18-34-24-10-5-7-21(19-24)20-28-26(31)25-11-6-14-30(25)27(32)22-8-3-2-4-9-22/h5,7,10,19,22-23,25H,2-4,6,8-9,11-18,20H2,1H3,(H,28,31). The van der Waals surface area contributed by atoms with Crippen molar-refractivity contribution in [2.24, 2.45) is 5.92 Å². The Hall–Kier alpha value is -2.12. The first-order valence-electron chi connectivity index (χ1n) is 13.2. The van der Waals surface area contributed by atoms with Crippen LogP contribution in [0.4, 0.5) is 0 Å². The molecule has 188 valence electrons. The number of hydrogen-bond acceptors (Lipinski definition) is 5. The second-order valence-corrected chi connectivity index (χ2v) is 10.1. The number of nitrogens with one attached hydrogen (secondary N) is 1. The second kappa shape index (κ2) is 12.5. The lowest BCUT2D eigenvalue weighted by atomic mass is 9.88. The summed E-state index contributed by atoms with van der Waals surface area (Å²) in [4.78, 5) is 30.2. The fraction of sp³-hybridized carbons (Fsp3) is 0.704. The molecule has 1 aliphatic carbocycles. The van der Waals surface area contributed by atoms with Crippen molar-refractivity contribution in [3.63, 3.8) is 0 Å². The van der Waals surface area contributed by atoms with Crippen molar-refractivity contribution in [2.45, 2.75) is 76.4 Å². The van der Waals surface area contributed by atoms with Crippen LogP contribution in [-0.4, -0.2) is 73.7 Å². The number of nitrogens with zero attached hydrogens (tertiary/aromatic N) is 2. The van der Waals surface area contributed by atoms with Gasteiger partial charge in [-0.15, -0.1) is 0 Å². The third-order valence-corrected chi connectivity index (χ3v) is 7.69. The Morgan fingerprint density at radius 3 is 2.68 bits per heavy atom. The van der Waals surface area contributed by atoms with Gasteiger partial charge in [0.1, 0.15) is 18.4 Å². The van der Waals surface area contributed by atoms with E-state index in [2.05, 4.69) is 17.3 Å². The molecule has 2 amide bonds. The lowest BCUT2D eigenvalue weighted by molar-refractivity contribution is -0.142. The Bertz CT molecular complexity index is 805. The maximum absolute atomic E-state index is 13.0. The molecule has 7 heteroatoms. The first kappa shape index (κ1) is 25.0. The summed E-state index contributed by atoms with van der Waals surface area (Å²) in [5.74, 6) is 1.09. The van der Waals surface area contributed by atoms with E-state index in [1.165, 1.54) is 6.42 Å². The maximum Gasteiger partial charge on any atom is 0.243 e. The third-order valence-electron chi connectivity index (χ3n) is 7.69. The zero-order chi connectivity index (χ0) is 23.8. The number of carbonyl (C=O) groups excluding carboxylic acids is 2. The van der Waals surface area contributed by atoms with Crippen molar-refractivity contribution in [3.05, 3.63) is 29.8 Å². The van der Waals surface area contributed by atoms with E-state index in [0.29, 0.717) is 25.7 Å². The SMILES string of the molecule is CN(CCOc1cccc(CNC(=O)C2CCCN2C(=O)C2CCCCC2)c1)C1CCOCC1. The maximum atomic E-state index is 13.0. The Morgan fingerprint density at radius 1 is 1.09 bits per heavy atom. The molecule has 7 nitrogen and oxygen atoms in total. The van der Waals surface area contributed by atoms with Crippen molar-refractivity contribution < 1.29 is 19.1 Å². The van der Waals surface area contributed by atoms with Crippen molar-refractivity contribution in [1.29, 1.82) is 0 Å². The molecule has 1 aromatic carbocycles. The van der Waals surface area contributed by atoms with Crippen molar-refractivity contribution in [3.8, 4) is 5.75 Å². The number of carbonyl (C=O) groups is 2. The third kappa shape index (κ3) is 6.72. The average molecular weight is 472 g/mol. The van der Waals surface area contributed by atoms with Crippen LogP contribution in [0.15, 0.2) is 24.3 Å². The van der Waals surface area contributed by atoms with E-state index in [0.717, 1.165) is 82.4 Å². The molecular weight excluding hydrogens is 430 g/mol. The van der Waals surface area contributed by atoms with Gasteiger partial charge in [0.15, 0.2) is 0 Å². The topological polar surface area (TPSA) is 71.1 Å². The number of amides is 2. The van der Waals surface area contributed by atoms with Crippen LogP contribution in [0.3, 0.4) is 0 Å². The monoisotopic (exact) mass is 471 g/mol. The largest absolute Gasteiger partial charge is 0.492 e. The minimum atomic E-state index is -0.324. The zero-order valence-corrected chi connectivity index (χ0v) is 20.7. The molecule has 2 heterocycles. The van der Waals surface area contributed by atoms with E-state index in [4.69, 9.17) is 9.47 Å². The molecule has 0 aromatic heterocycles. The Labute approximate surface area is 204 Å². The minimum Gasteiger partial charge on any atom is -0.492 e. The van der Waals surface area contributed by atoms with Gasteiger partial charge >= 0.3 is 0 Å². The number of rotatable bonds is 9. The summed E-state index contributed by atoms with van der Waals surface area (Å²) in [5.41, 5.74) is 1.01. The molecule has 1 unspecified atom stereocenters. The van der Waals surface area contributed by atoms with Crippen LogP contribution in [0.25, 0.3) is 0 Å². The summed E-state index contributed by atoms with van der Waals surface area (Å²) in [7, 11) is 2.15. The van der Waals surface area contributed by atoms with E-state index >= 15 is 0 Å². The second-order valence-electron chi connectivity index (χ2n) is 10.1. The van der Waals surface area contributed by atoms with E-state index in [1.807, 2.05) is 29.2 Å². The van der Waals surface area contributed by atoms with Crippen LogP contribution in [-0.2, 0) is 20.9 Å². The number of likely N-dealkylation sites (tertiary alicyclic amines) is 1. The predicted octanol–water partition coefficient (Wildman–Crippen LogP) is 3.36. The summed E-state index contributed by atoms with van der Waals surface area (Å²) in [6, 6.07) is 8.16. The first-order chi connectivity index (χ1) is 16.6. The molecule has 2 saturated heterocycles. The smallest absolute Gasteiger partial charge is 0.243 e. The van der Waals surface area contributed by atoms with Crippen molar-refractivity contribution in [1.82, 2.24) is 15.1 Å². The highest BCUT2D eigenvalue weighted by molar-refractivity contribution is 5.89. The summed E-state index contributed by atoms with van der Waals surface area (Å²) in [6.07, 6.45) is 9.26. The summed E-state index contributed by atoms with van der Waals surface area (Å²) in [6.45, 7) is 4.34. The minimum absolute atomic E-state index is 0.0360. The molecule has 0 spiro atoms. The number of benzene rings is 1. The van der Waals surface area contributed by atoms with Crippen molar-refractivity contribution >= 4 is 11.8 Å². The van der Waals surface area contributed by atoms with Gasteiger partial charge < -0.3 is 19.7 Å². The first-order valence-corrected chi connectivity index (χ1v) is 13.2. The quantitative estimate of drug-likeness (QED) is 0.598. The molecule has 1 N–H and O–H groups in total. The summed E-state index contributed by atoms with van der Waals surface area (Å²) < 4.78 is 11.4. The molecule has 2 aliphatic heterocycles. The highest BCUT2D eigenvalue weighted by Crippen LogP contribution is 2.29. The lowest BCUT2D eigenvalue weighted by Crippen LogP contribution is -2.47. The van der Waals surface area contributed by atoms with Crippen LogP contribution >= 0.6 is 0 Å². The van der Waals surface area contributed by atoms with Crippen LogP contribution in [0.1, 0.15) is 63.4 Å². The van der Waals surface area contributed by atoms with Gasteiger partial charge in [-0.05, 0) is 63.3 Å². The van der Waals surface area contributed by atoms with Crippen LogP contribution < -0.4 is 10.1 Å². The molecule has 34 heavy (non-hydrogen) atoms. The van der Waals surface area contributed by atoms with Gasteiger partial charge in [0.05, 0.1) is 0 Å². The molecule has 0 radical (unpaired) electrons. The van der Waals surface area contributed by atoms with E-state index in [9.17, 15) is 9.59 Å². The molecule has 1 saturated carbocycles. The Morgan fingerprint density at radius 2 is 1.88 bits per heavy atom. The van der Waals surface area contributed by atoms with Gasteiger partial charge in [-0.2, -0.15) is 0 Å². The van der Waals surface area contributed by atoms with Gasteiger partial charge in [-0.1, -0.05) is 31.4 Å². The van der Waals surface area contributed by atoms with Gasteiger partial charge in [0.2, 0.25) is 11.8 Å². The molecular formula is C27H41N3O4. The number of hydrogen-bond donors (Lipinski definition) is 1. The van der Waals surface area contributed by atoms with Gasteiger partial charge in [0.25, 0.3) is 0 Å².